The molecule has 0 bridgehead atoms. The zero-order chi connectivity index (χ0) is 17.2. The van der Waals surface area contributed by atoms with Gasteiger partial charge in [0.2, 0.25) is 0 Å². The van der Waals surface area contributed by atoms with Gasteiger partial charge < -0.3 is 4.90 Å². The van der Waals surface area contributed by atoms with E-state index in [0.29, 0.717) is 11.5 Å². The number of aromatic nitrogens is 2. The highest BCUT2D eigenvalue weighted by atomic mass is 32.1. The first-order valence-corrected chi connectivity index (χ1v) is 7.00. The fourth-order valence-electron chi connectivity index (χ4n) is 1.92. The van der Waals surface area contributed by atoms with E-state index in [4.69, 9.17) is 0 Å². The van der Waals surface area contributed by atoms with Gasteiger partial charge in [-0.2, -0.15) is 13.2 Å². The second kappa shape index (κ2) is 6.57. The number of rotatable bonds is 4. The zero-order valence-corrected chi connectivity index (χ0v) is 12.5. The van der Waals surface area contributed by atoms with Crippen molar-refractivity contribution in [3.8, 4) is 0 Å². The van der Waals surface area contributed by atoms with Crippen LogP contribution in [0.15, 0.2) is 24.3 Å². The van der Waals surface area contributed by atoms with Crippen LogP contribution in [0.2, 0.25) is 0 Å². The summed E-state index contributed by atoms with van der Waals surface area (Å²) in [5.41, 5.74) is -1.78. The van der Waals surface area contributed by atoms with Crippen molar-refractivity contribution in [2.24, 2.45) is 0 Å². The first-order valence-electron chi connectivity index (χ1n) is 6.22. The number of halogens is 5. The molecule has 2 aromatic rings. The average molecular weight is 351 g/mol. The summed E-state index contributed by atoms with van der Waals surface area (Å²) in [5.74, 6) is -0.854. The van der Waals surface area contributed by atoms with Gasteiger partial charge in [-0.1, -0.05) is 22.7 Å². The van der Waals surface area contributed by atoms with Gasteiger partial charge in [-0.25, -0.2) is 8.78 Å². The second-order valence-electron chi connectivity index (χ2n) is 4.60. The summed E-state index contributed by atoms with van der Waals surface area (Å²) in [4.78, 5) is 12.7. The third-order valence-electron chi connectivity index (χ3n) is 2.99. The number of hydrogen-bond donors (Lipinski definition) is 0. The Balaban J connectivity index is 2.24. The predicted octanol–water partition coefficient (Wildman–Crippen LogP) is 3.77. The molecule has 0 aliphatic heterocycles. The minimum atomic E-state index is -4.57. The van der Waals surface area contributed by atoms with E-state index >= 15 is 0 Å². The minimum absolute atomic E-state index is 0.132. The Morgan fingerprint density at radius 2 is 1.96 bits per heavy atom. The van der Waals surface area contributed by atoms with Crippen LogP contribution in [-0.2, 0) is 12.7 Å². The smallest absolute Gasteiger partial charge is 0.337 e. The summed E-state index contributed by atoms with van der Waals surface area (Å²) in [5, 5.41) is 3.17. The Morgan fingerprint density at radius 1 is 1.30 bits per heavy atom. The van der Waals surface area contributed by atoms with Crippen LogP contribution >= 0.6 is 11.5 Å². The fraction of sp³-hybridized carbons (Fsp3) is 0.308. The first-order chi connectivity index (χ1) is 10.7. The molecule has 124 valence electrons. The van der Waals surface area contributed by atoms with Crippen LogP contribution in [0.1, 0.15) is 32.9 Å². The lowest BCUT2D eigenvalue weighted by Gasteiger charge is -2.19. The molecular formula is C13H10F5N3OS. The van der Waals surface area contributed by atoms with E-state index in [1.807, 2.05) is 0 Å². The highest BCUT2D eigenvalue weighted by Crippen LogP contribution is 2.32. The maximum atomic E-state index is 12.9. The molecule has 0 saturated heterocycles. The normalized spacial score (nSPS) is 11.8. The van der Waals surface area contributed by atoms with Crippen molar-refractivity contribution in [2.75, 3.05) is 7.05 Å². The van der Waals surface area contributed by atoms with Crippen LogP contribution in [0, 0.1) is 0 Å². The summed E-state index contributed by atoms with van der Waals surface area (Å²) in [6.07, 6.45) is -7.55. The van der Waals surface area contributed by atoms with Crippen LogP contribution in [0.4, 0.5) is 22.0 Å². The van der Waals surface area contributed by atoms with Crippen molar-refractivity contribution in [1.82, 2.24) is 14.5 Å². The van der Waals surface area contributed by atoms with Crippen LogP contribution in [0.3, 0.4) is 0 Å². The van der Waals surface area contributed by atoms with E-state index in [-0.39, 0.29) is 17.0 Å². The highest BCUT2D eigenvalue weighted by molar-refractivity contribution is 7.08. The molecule has 0 atom stereocenters. The van der Waals surface area contributed by atoms with Gasteiger partial charge in [-0.3, -0.25) is 4.79 Å². The molecule has 10 heteroatoms. The van der Waals surface area contributed by atoms with Crippen molar-refractivity contribution in [3.63, 3.8) is 0 Å². The molecule has 0 saturated carbocycles. The number of carbonyl (C=O) groups is 1. The summed E-state index contributed by atoms with van der Waals surface area (Å²) >= 11 is 0.480. The quantitative estimate of drug-likeness (QED) is 0.788. The van der Waals surface area contributed by atoms with Crippen LogP contribution < -0.4 is 0 Å². The number of nitrogens with zero attached hydrogens (tertiary/aromatic N) is 3. The fourth-order valence-corrected chi connectivity index (χ4v) is 2.59. The van der Waals surface area contributed by atoms with E-state index < -0.39 is 29.8 Å². The second-order valence-corrected chi connectivity index (χ2v) is 5.36. The highest BCUT2D eigenvalue weighted by Gasteiger charge is 2.34. The predicted molar refractivity (Wildman–Crippen MR) is 72.1 cm³/mol. The Morgan fingerprint density at radius 3 is 2.57 bits per heavy atom. The third kappa shape index (κ3) is 3.81. The lowest BCUT2D eigenvalue weighted by Crippen LogP contribution is -2.27. The van der Waals surface area contributed by atoms with Crippen molar-refractivity contribution in [3.05, 3.63) is 46.0 Å². The van der Waals surface area contributed by atoms with Gasteiger partial charge in [-0.15, -0.1) is 5.10 Å². The van der Waals surface area contributed by atoms with Gasteiger partial charge in [0.25, 0.3) is 12.3 Å². The molecule has 0 unspecified atom stereocenters. The molecule has 1 aromatic carbocycles. The molecule has 1 aromatic heterocycles. The SMILES string of the molecule is CN(Cc1ccccc1C(F)(F)F)C(=O)c1snnc1C(F)F. The summed E-state index contributed by atoms with van der Waals surface area (Å²) in [7, 11) is 1.23. The van der Waals surface area contributed by atoms with Crippen molar-refractivity contribution in [2.45, 2.75) is 19.1 Å². The Labute approximate surface area is 131 Å². The Hall–Kier alpha value is -2.10. The first kappa shape index (κ1) is 17.3. The average Bonchev–Trinajstić information content (AvgIpc) is 2.95. The zero-order valence-electron chi connectivity index (χ0n) is 11.6. The lowest BCUT2D eigenvalue weighted by atomic mass is 10.1. The van der Waals surface area contributed by atoms with E-state index in [2.05, 4.69) is 9.59 Å². The number of benzene rings is 1. The molecule has 2 rings (SSSR count). The maximum Gasteiger partial charge on any atom is 0.416 e. The molecular weight excluding hydrogens is 341 g/mol. The van der Waals surface area contributed by atoms with Gasteiger partial charge >= 0.3 is 6.18 Å². The number of alkyl halides is 5. The van der Waals surface area contributed by atoms with Gasteiger partial charge in [0.15, 0.2) is 5.69 Å². The minimum Gasteiger partial charge on any atom is -0.337 e. The van der Waals surface area contributed by atoms with Crippen molar-refractivity contribution < 1.29 is 26.7 Å². The van der Waals surface area contributed by atoms with Crippen LogP contribution in [0.25, 0.3) is 0 Å². The molecule has 0 aliphatic carbocycles. The standard InChI is InChI=1S/C13H10F5N3OS/c1-21(12(22)10-9(11(14)15)19-20-23-10)6-7-4-2-3-5-8(7)13(16,17)18/h2-5,11H,6H2,1H3. The van der Waals surface area contributed by atoms with Crippen LogP contribution in [0.5, 0.6) is 0 Å². The van der Waals surface area contributed by atoms with Crippen molar-refractivity contribution >= 4 is 17.4 Å². The summed E-state index contributed by atoms with van der Waals surface area (Å²) in [6, 6.07) is 4.76. The van der Waals surface area contributed by atoms with E-state index in [0.717, 1.165) is 11.0 Å². The van der Waals surface area contributed by atoms with E-state index in [1.165, 1.54) is 25.2 Å². The molecule has 23 heavy (non-hydrogen) atoms. The summed E-state index contributed by atoms with van der Waals surface area (Å²) in [6.45, 7) is -0.380. The topological polar surface area (TPSA) is 46.1 Å². The molecule has 0 fully saturated rings. The van der Waals surface area contributed by atoms with Gasteiger partial charge in [0.05, 0.1) is 5.56 Å². The molecule has 0 N–H and O–H groups in total. The molecule has 4 nitrogen and oxygen atoms in total. The molecule has 0 radical (unpaired) electrons. The molecule has 1 heterocycles. The van der Waals surface area contributed by atoms with E-state index in [1.54, 1.807) is 0 Å². The molecule has 1 amide bonds. The maximum absolute atomic E-state index is 12.9. The lowest BCUT2D eigenvalue weighted by molar-refractivity contribution is -0.138. The number of amides is 1. The van der Waals surface area contributed by atoms with Crippen LogP contribution in [-0.4, -0.2) is 27.4 Å². The molecule has 0 aliphatic rings. The number of carbonyl (C=O) groups excluding carboxylic acids is 1. The molecule has 0 spiro atoms. The van der Waals surface area contributed by atoms with E-state index in [9.17, 15) is 26.7 Å². The largest absolute Gasteiger partial charge is 0.416 e. The van der Waals surface area contributed by atoms with Gasteiger partial charge in [-0.05, 0) is 23.2 Å². The number of hydrogen-bond acceptors (Lipinski definition) is 4. The monoisotopic (exact) mass is 351 g/mol. The summed E-state index contributed by atoms with van der Waals surface area (Å²) < 4.78 is 67.5. The van der Waals surface area contributed by atoms with Gasteiger partial charge in [0.1, 0.15) is 4.88 Å². The van der Waals surface area contributed by atoms with Crippen molar-refractivity contribution in [1.29, 1.82) is 0 Å². The van der Waals surface area contributed by atoms with Gasteiger partial charge in [0, 0.05) is 13.6 Å². The third-order valence-corrected chi connectivity index (χ3v) is 3.72. The Kier molecular flexibility index (Phi) is 4.93. The Bertz CT molecular complexity index is 701.